The fraction of sp³-hybridized carbons (Fsp3) is 0.429. The first-order valence-corrected chi connectivity index (χ1v) is 7.05. The quantitative estimate of drug-likeness (QED) is 0.804. The Hall–Kier alpha value is -0.680. The smallest absolute Gasteiger partial charge is 1.00 e. The molecule has 3 nitrogen and oxygen atoms in total. The Morgan fingerprint density at radius 1 is 0.840 bits per heavy atom. The number of aliphatic hydroxyl groups is 1. The van der Waals surface area contributed by atoms with Crippen LogP contribution in [-0.4, -0.2) is 24.9 Å². The normalized spacial score (nSPS) is 9.56. The van der Waals surface area contributed by atoms with Gasteiger partial charge in [0.25, 0.3) is 0 Å². The van der Waals surface area contributed by atoms with E-state index in [9.17, 15) is 0 Å². The van der Waals surface area contributed by atoms with E-state index in [1.54, 1.807) is 7.11 Å². The van der Waals surface area contributed by atoms with Crippen molar-refractivity contribution < 1.29 is 45.6 Å². The first kappa shape index (κ1) is 32.0. The average Bonchev–Trinajstić information content (AvgIpc) is 2.55. The second kappa shape index (κ2) is 21.4. The summed E-state index contributed by atoms with van der Waals surface area (Å²) in [5.41, 5.74) is 2.36. The monoisotopic (exact) mass is 360 g/mol. The first-order valence-electron chi connectivity index (χ1n) is 7.05. The Kier molecular flexibility index (Phi) is 27.4. The summed E-state index contributed by atoms with van der Waals surface area (Å²) in [6.07, 6.45) is -0.0785. The number of ether oxygens (including phenoxy) is 2. The number of rotatable bonds is 6. The van der Waals surface area contributed by atoms with E-state index in [1.807, 2.05) is 67.6 Å². The molecule has 0 aliphatic rings. The van der Waals surface area contributed by atoms with Crippen LogP contribution < -0.4 is 29.6 Å². The first-order chi connectivity index (χ1) is 10.3. The molecular formula is C21H37NaO3. The van der Waals surface area contributed by atoms with Gasteiger partial charge in [0.1, 0.15) is 0 Å². The van der Waals surface area contributed by atoms with Crippen molar-refractivity contribution in [2.45, 2.75) is 48.5 Å². The minimum absolute atomic E-state index is 0. The molecule has 0 saturated heterocycles. The van der Waals surface area contributed by atoms with Gasteiger partial charge in [-0.25, -0.2) is 0 Å². The molecular weight excluding hydrogens is 323 g/mol. The van der Waals surface area contributed by atoms with Crippen LogP contribution in [0, 0.1) is 0 Å². The fourth-order valence-corrected chi connectivity index (χ4v) is 1.61. The van der Waals surface area contributed by atoms with Gasteiger partial charge >= 0.3 is 29.6 Å². The van der Waals surface area contributed by atoms with E-state index in [1.165, 1.54) is 5.56 Å². The molecule has 2 rings (SSSR count). The van der Waals surface area contributed by atoms with Gasteiger partial charge in [-0.1, -0.05) is 82.9 Å². The van der Waals surface area contributed by atoms with E-state index in [0.29, 0.717) is 13.2 Å². The van der Waals surface area contributed by atoms with Crippen LogP contribution in [0.5, 0.6) is 0 Å². The zero-order valence-corrected chi connectivity index (χ0v) is 15.7. The third kappa shape index (κ3) is 16.5. The third-order valence-electron chi connectivity index (χ3n) is 2.79. The van der Waals surface area contributed by atoms with Crippen LogP contribution in [0.1, 0.15) is 41.8 Å². The van der Waals surface area contributed by atoms with Crippen molar-refractivity contribution in [3.8, 4) is 0 Å². The van der Waals surface area contributed by atoms with Crippen molar-refractivity contribution in [2.24, 2.45) is 0 Å². The number of aliphatic hydroxyl groups excluding tert-OH is 1. The molecule has 1 atom stereocenters. The van der Waals surface area contributed by atoms with Crippen molar-refractivity contribution in [2.75, 3.05) is 13.7 Å². The zero-order valence-electron chi connectivity index (χ0n) is 14.7. The molecule has 0 amide bonds. The fourth-order valence-electron chi connectivity index (χ4n) is 1.61. The second-order valence-electron chi connectivity index (χ2n) is 4.71. The van der Waals surface area contributed by atoms with Crippen molar-refractivity contribution in [1.29, 1.82) is 0 Å². The van der Waals surface area contributed by atoms with Gasteiger partial charge in [-0.3, -0.25) is 0 Å². The summed E-state index contributed by atoms with van der Waals surface area (Å²) >= 11 is 0. The zero-order chi connectivity index (χ0) is 15.3. The van der Waals surface area contributed by atoms with Gasteiger partial charge in [-0.15, -0.1) is 0 Å². The summed E-state index contributed by atoms with van der Waals surface area (Å²) < 4.78 is 10.3. The van der Waals surface area contributed by atoms with Crippen LogP contribution >= 0.6 is 0 Å². The van der Waals surface area contributed by atoms with Gasteiger partial charge in [0.05, 0.1) is 25.9 Å². The van der Waals surface area contributed by atoms with E-state index >= 15 is 0 Å². The van der Waals surface area contributed by atoms with E-state index in [4.69, 9.17) is 14.6 Å². The SMILES string of the molecule is C.C.C.CC(CO)OCc1ccccc1.COCc1ccccc1.[H-].[Na+]. The molecule has 25 heavy (non-hydrogen) atoms. The van der Waals surface area contributed by atoms with Crippen LogP contribution in [0.25, 0.3) is 0 Å². The molecule has 0 bridgehead atoms. The maximum atomic E-state index is 8.69. The Balaban J connectivity index is -0.0000000971. The number of hydrogen-bond donors (Lipinski definition) is 1. The summed E-state index contributed by atoms with van der Waals surface area (Å²) in [4.78, 5) is 0. The van der Waals surface area contributed by atoms with E-state index in [0.717, 1.165) is 5.56 Å². The van der Waals surface area contributed by atoms with Gasteiger partial charge in [-0.2, -0.15) is 0 Å². The molecule has 0 spiro atoms. The van der Waals surface area contributed by atoms with Crippen LogP contribution in [-0.2, 0) is 22.7 Å². The van der Waals surface area contributed by atoms with Crippen molar-refractivity contribution >= 4 is 0 Å². The van der Waals surface area contributed by atoms with Crippen LogP contribution in [0.15, 0.2) is 60.7 Å². The summed E-state index contributed by atoms with van der Waals surface area (Å²) in [6, 6.07) is 20.0. The van der Waals surface area contributed by atoms with E-state index in [-0.39, 0.29) is 66.0 Å². The Morgan fingerprint density at radius 2 is 1.24 bits per heavy atom. The van der Waals surface area contributed by atoms with Crippen LogP contribution in [0.3, 0.4) is 0 Å². The summed E-state index contributed by atoms with van der Waals surface area (Å²) in [5.74, 6) is 0. The molecule has 0 radical (unpaired) electrons. The van der Waals surface area contributed by atoms with Gasteiger partial charge in [-0.05, 0) is 18.1 Å². The third-order valence-corrected chi connectivity index (χ3v) is 2.79. The second-order valence-corrected chi connectivity index (χ2v) is 4.71. The van der Waals surface area contributed by atoms with E-state index < -0.39 is 0 Å². The minimum Gasteiger partial charge on any atom is -1.00 e. The largest absolute Gasteiger partial charge is 1.00 e. The maximum Gasteiger partial charge on any atom is 1.00 e. The molecule has 0 aromatic heterocycles. The van der Waals surface area contributed by atoms with Crippen molar-refractivity contribution in [3.05, 3.63) is 71.8 Å². The molecule has 0 heterocycles. The van der Waals surface area contributed by atoms with Crippen molar-refractivity contribution in [3.63, 3.8) is 0 Å². The van der Waals surface area contributed by atoms with E-state index in [2.05, 4.69) is 0 Å². The van der Waals surface area contributed by atoms with Crippen molar-refractivity contribution in [1.82, 2.24) is 0 Å². The Morgan fingerprint density at radius 3 is 1.60 bits per heavy atom. The summed E-state index contributed by atoms with van der Waals surface area (Å²) in [5, 5.41) is 8.69. The molecule has 2 aromatic rings. The predicted molar refractivity (Wildman–Crippen MR) is 106 cm³/mol. The molecule has 2 aromatic carbocycles. The molecule has 0 fully saturated rings. The molecule has 1 unspecified atom stereocenters. The van der Waals surface area contributed by atoms with Gasteiger partial charge in [0, 0.05) is 7.11 Å². The predicted octanol–water partition coefficient (Wildman–Crippen LogP) is 2.44. The van der Waals surface area contributed by atoms with Gasteiger partial charge in [0.15, 0.2) is 0 Å². The number of benzene rings is 2. The summed E-state index contributed by atoms with van der Waals surface area (Å²) in [6.45, 7) is 3.21. The van der Waals surface area contributed by atoms with Gasteiger partial charge < -0.3 is 16.0 Å². The number of hydrogen-bond acceptors (Lipinski definition) is 3. The Bertz CT molecular complexity index is 469. The minimum atomic E-state index is -0.0785. The van der Waals surface area contributed by atoms with Crippen LogP contribution in [0.2, 0.25) is 0 Å². The molecule has 1 N–H and O–H groups in total. The summed E-state index contributed by atoms with van der Waals surface area (Å²) in [7, 11) is 1.70. The van der Waals surface area contributed by atoms with Crippen LogP contribution in [0.4, 0.5) is 0 Å². The molecule has 140 valence electrons. The molecule has 0 aliphatic heterocycles. The Labute approximate surface area is 179 Å². The van der Waals surface area contributed by atoms with Gasteiger partial charge in [0.2, 0.25) is 0 Å². The standard InChI is InChI=1S/C10H14O2.C8H10O.3CH4.Na.H/c1-9(7-11)12-8-10-5-3-2-4-6-10;1-9-7-8-5-3-2-4-6-8;;;;;/h2-6,9,11H,7-8H2,1H3;2-6H,7H2,1H3;3*1H4;;/q;;;;;+1;-1. The average molecular weight is 361 g/mol. The molecule has 0 saturated carbocycles. The maximum absolute atomic E-state index is 8.69. The number of methoxy groups -OCH3 is 1. The molecule has 0 aliphatic carbocycles. The molecule has 4 heteroatoms. The topological polar surface area (TPSA) is 38.7 Å².